The van der Waals surface area contributed by atoms with Gasteiger partial charge in [-0.15, -0.1) is 0 Å². The molecule has 0 bridgehead atoms. The lowest BCUT2D eigenvalue weighted by molar-refractivity contribution is 0.0693. The summed E-state index contributed by atoms with van der Waals surface area (Å²) in [5, 5.41) is 9.29. The molecule has 1 aliphatic rings. The van der Waals surface area contributed by atoms with Gasteiger partial charge in [0, 0.05) is 5.69 Å². The van der Waals surface area contributed by atoms with Gasteiger partial charge in [0.05, 0.1) is 0 Å². The van der Waals surface area contributed by atoms with E-state index in [1.807, 2.05) is 0 Å². The van der Waals surface area contributed by atoms with Crippen LogP contribution in [-0.4, -0.2) is 16.1 Å². The van der Waals surface area contributed by atoms with Crippen molar-refractivity contribution in [2.75, 3.05) is 0 Å². The molecule has 3 rings (SSSR count). The molecule has 108 valence electrons. The average molecular weight is 287 g/mol. The predicted octanol–water partition coefficient (Wildman–Crippen LogP) is 3.51. The standard InChI is InChI=1S/C16H14FNO3/c1-9-7-11(5-6-13(9)17)21-15-12(16(19)20)8-10-3-2-4-14(10)18-15/h5-8H,2-4H2,1H3,(H,19,20). The second-order valence-corrected chi connectivity index (χ2v) is 5.12. The Morgan fingerprint density at radius 3 is 2.86 bits per heavy atom. The third-order valence-electron chi connectivity index (χ3n) is 3.59. The number of benzene rings is 1. The van der Waals surface area contributed by atoms with Crippen LogP contribution in [0.15, 0.2) is 24.3 Å². The van der Waals surface area contributed by atoms with Gasteiger partial charge in [0.2, 0.25) is 5.88 Å². The fourth-order valence-electron chi connectivity index (χ4n) is 2.48. The molecule has 4 nitrogen and oxygen atoms in total. The van der Waals surface area contributed by atoms with E-state index in [0.29, 0.717) is 11.3 Å². The van der Waals surface area contributed by atoms with Crippen LogP contribution in [0.1, 0.15) is 33.6 Å². The van der Waals surface area contributed by atoms with Gasteiger partial charge in [-0.05, 0) is 61.6 Å². The van der Waals surface area contributed by atoms with E-state index in [0.717, 1.165) is 30.5 Å². The van der Waals surface area contributed by atoms with Gasteiger partial charge in [0.15, 0.2) is 0 Å². The number of pyridine rings is 1. The number of nitrogens with zero attached hydrogens (tertiary/aromatic N) is 1. The van der Waals surface area contributed by atoms with Gasteiger partial charge in [0.1, 0.15) is 17.1 Å². The van der Waals surface area contributed by atoms with Crippen LogP contribution in [0.3, 0.4) is 0 Å². The van der Waals surface area contributed by atoms with Crippen LogP contribution < -0.4 is 4.74 Å². The Morgan fingerprint density at radius 1 is 1.33 bits per heavy atom. The van der Waals surface area contributed by atoms with E-state index in [9.17, 15) is 14.3 Å². The summed E-state index contributed by atoms with van der Waals surface area (Å²) in [6.45, 7) is 1.62. The lowest BCUT2D eigenvalue weighted by atomic mass is 10.1. The summed E-state index contributed by atoms with van der Waals surface area (Å²) in [6.07, 6.45) is 2.65. The predicted molar refractivity (Wildman–Crippen MR) is 74.4 cm³/mol. The highest BCUT2D eigenvalue weighted by Crippen LogP contribution is 2.30. The van der Waals surface area contributed by atoms with Gasteiger partial charge in [-0.25, -0.2) is 14.2 Å². The largest absolute Gasteiger partial charge is 0.477 e. The Morgan fingerprint density at radius 2 is 2.14 bits per heavy atom. The van der Waals surface area contributed by atoms with Crippen molar-refractivity contribution in [3.63, 3.8) is 0 Å². The molecule has 0 unspecified atom stereocenters. The normalized spacial score (nSPS) is 13.0. The number of aryl methyl sites for hydroxylation is 3. The molecule has 21 heavy (non-hydrogen) atoms. The number of halogens is 1. The Hall–Kier alpha value is -2.43. The van der Waals surface area contributed by atoms with E-state index < -0.39 is 5.97 Å². The first-order valence-electron chi connectivity index (χ1n) is 6.74. The third kappa shape index (κ3) is 2.59. The van der Waals surface area contributed by atoms with Crippen LogP contribution in [0.25, 0.3) is 0 Å². The minimum absolute atomic E-state index is 0.0395. The first kappa shape index (κ1) is 13.5. The van der Waals surface area contributed by atoms with Crippen molar-refractivity contribution in [3.05, 3.63) is 52.5 Å². The second-order valence-electron chi connectivity index (χ2n) is 5.12. The third-order valence-corrected chi connectivity index (χ3v) is 3.59. The Kier molecular flexibility index (Phi) is 3.33. The van der Waals surface area contributed by atoms with Crippen molar-refractivity contribution in [2.24, 2.45) is 0 Å². The van der Waals surface area contributed by atoms with Gasteiger partial charge in [-0.3, -0.25) is 0 Å². The molecule has 0 amide bonds. The summed E-state index contributed by atoms with van der Waals surface area (Å²) in [5.41, 5.74) is 2.33. The van der Waals surface area contributed by atoms with Crippen molar-refractivity contribution in [1.29, 1.82) is 0 Å². The van der Waals surface area contributed by atoms with Gasteiger partial charge >= 0.3 is 5.97 Å². The Labute approximate surface area is 121 Å². The molecule has 0 atom stereocenters. The number of aromatic nitrogens is 1. The number of ether oxygens (including phenoxy) is 1. The highest BCUT2D eigenvalue weighted by Gasteiger charge is 2.21. The summed E-state index contributed by atoms with van der Waals surface area (Å²) in [7, 11) is 0. The van der Waals surface area contributed by atoms with Crippen LogP contribution >= 0.6 is 0 Å². The van der Waals surface area contributed by atoms with E-state index >= 15 is 0 Å². The van der Waals surface area contributed by atoms with Crippen molar-refractivity contribution in [2.45, 2.75) is 26.2 Å². The first-order valence-corrected chi connectivity index (χ1v) is 6.74. The fourth-order valence-corrected chi connectivity index (χ4v) is 2.48. The minimum atomic E-state index is -1.08. The molecule has 1 aliphatic carbocycles. The summed E-state index contributed by atoms with van der Waals surface area (Å²) in [5.74, 6) is -0.968. The van der Waals surface area contributed by atoms with Crippen LogP contribution in [-0.2, 0) is 12.8 Å². The maximum Gasteiger partial charge on any atom is 0.341 e. The van der Waals surface area contributed by atoms with Gasteiger partial charge in [0.25, 0.3) is 0 Å². The molecule has 2 aromatic rings. The molecule has 0 saturated carbocycles. The monoisotopic (exact) mass is 287 g/mol. The molecule has 5 heteroatoms. The van der Waals surface area contributed by atoms with Crippen LogP contribution in [0.4, 0.5) is 4.39 Å². The number of hydrogen-bond donors (Lipinski definition) is 1. The summed E-state index contributed by atoms with van der Waals surface area (Å²) < 4.78 is 18.8. The van der Waals surface area contributed by atoms with Crippen LogP contribution in [0.2, 0.25) is 0 Å². The van der Waals surface area contributed by atoms with Gasteiger partial charge < -0.3 is 9.84 Å². The maximum absolute atomic E-state index is 13.3. The second kappa shape index (κ2) is 5.16. The van der Waals surface area contributed by atoms with E-state index in [1.54, 1.807) is 13.0 Å². The van der Waals surface area contributed by atoms with E-state index in [-0.39, 0.29) is 17.3 Å². The maximum atomic E-state index is 13.3. The molecule has 0 radical (unpaired) electrons. The molecule has 0 saturated heterocycles. The number of carboxylic acids is 1. The Balaban J connectivity index is 2.01. The van der Waals surface area contributed by atoms with E-state index in [1.165, 1.54) is 18.2 Å². The highest BCUT2D eigenvalue weighted by molar-refractivity contribution is 5.90. The van der Waals surface area contributed by atoms with Crippen LogP contribution in [0, 0.1) is 12.7 Å². The zero-order valence-electron chi connectivity index (χ0n) is 11.5. The molecule has 0 fully saturated rings. The number of hydrogen-bond acceptors (Lipinski definition) is 3. The topological polar surface area (TPSA) is 59.4 Å². The molecule has 1 aromatic carbocycles. The molecule has 1 aromatic heterocycles. The van der Waals surface area contributed by atoms with Crippen molar-refractivity contribution in [3.8, 4) is 11.6 Å². The average Bonchev–Trinajstić information content (AvgIpc) is 2.89. The van der Waals surface area contributed by atoms with Gasteiger partial charge in [-0.2, -0.15) is 0 Å². The summed E-state index contributed by atoms with van der Waals surface area (Å²) in [6, 6.07) is 5.90. The number of aromatic carboxylic acids is 1. The zero-order chi connectivity index (χ0) is 15.0. The van der Waals surface area contributed by atoms with Crippen molar-refractivity contribution < 1.29 is 19.0 Å². The number of rotatable bonds is 3. The van der Waals surface area contributed by atoms with Crippen molar-refractivity contribution >= 4 is 5.97 Å². The minimum Gasteiger partial charge on any atom is -0.477 e. The van der Waals surface area contributed by atoms with E-state index in [2.05, 4.69) is 4.98 Å². The lowest BCUT2D eigenvalue weighted by Gasteiger charge is -2.10. The van der Waals surface area contributed by atoms with E-state index in [4.69, 9.17) is 4.74 Å². The zero-order valence-corrected chi connectivity index (χ0v) is 11.5. The molecule has 0 spiro atoms. The SMILES string of the molecule is Cc1cc(Oc2nc3c(cc2C(=O)O)CCC3)ccc1F. The first-order chi connectivity index (χ1) is 10.0. The molecular weight excluding hydrogens is 273 g/mol. The molecular formula is C16H14FNO3. The number of fused-ring (bicyclic) bond motifs is 1. The quantitative estimate of drug-likeness (QED) is 0.938. The fraction of sp³-hybridized carbons (Fsp3) is 0.250. The molecule has 1 heterocycles. The number of carbonyl (C=O) groups is 1. The summed E-state index contributed by atoms with van der Waals surface area (Å²) in [4.78, 5) is 15.7. The summed E-state index contributed by atoms with van der Waals surface area (Å²) >= 11 is 0. The number of carboxylic acid groups (broad SMARTS) is 1. The smallest absolute Gasteiger partial charge is 0.341 e. The lowest BCUT2D eigenvalue weighted by Crippen LogP contribution is -2.05. The molecule has 1 N–H and O–H groups in total. The van der Waals surface area contributed by atoms with Gasteiger partial charge in [-0.1, -0.05) is 0 Å². The van der Waals surface area contributed by atoms with Crippen LogP contribution in [0.5, 0.6) is 11.6 Å². The highest BCUT2D eigenvalue weighted by atomic mass is 19.1. The molecule has 0 aliphatic heterocycles. The van der Waals surface area contributed by atoms with Crippen molar-refractivity contribution in [1.82, 2.24) is 4.98 Å². The Bertz CT molecular complexity index is 728.